The van der Waals surface area contributed by atoms with Crippen molar-refractivity contribution in [3.8, 4) is 5.69 Å². The van der Waals surface area contributed by atoms with E-state index in [9.17, 15) is 4.79 Å². The largest absolute Gasteiger partial charge is 0.382 e. The Labute approximate surface area is 159 Å². The van der Waals surface area contributed by atoms with Gasteiger partial charge in [-0.05, 0) is 17.7 Å². The van der Waals surface area contributed by atoms with Gasteiger partial charge in [0.1, 0.15) is 5.69 Å². The second-order valence-electron chi connectivity index (χ2n) is 7.40. The van der Waals surface area contributed by atoms with Gasteiger partial charge in [-0.15, -0.1) is 0 Å². The number of amides is 2. The van der Waals surface area contributed by atoms with Crippen LogP contribution in [0.1, 0.15) is 32.0 Å². The van der Waals surface area contributed by atoms with Crippen molar-refractivity contribution in [1.29, 1.82) is 0 Å². The van der Waals surface area contributed by atoms with E-state index in [1.807, 2.05) is 81.4 Å². The minimum atomic E-state index is -0.316. The molecule has 6 nitrogen and oxygen atoms in total. The molecule has 0 fully saturated rings. The van der Waals surface area contributed by atoms with Crippen LogP contribution >= 0.6 is 0 Å². The molecule has 0 atom stereocenters. The Morgan fingerprint density at radius 2 is 1.63 bits per heavy atom. The summed E-state index contributed by atoms with van der Waals surface area (Å²) < 4.78 is 1.66. The molecule has 0 saturated heterocycles. The lowest BCUT2D eigenvalue weighted by Gasteiger charge is -2.18. The molecule has 2 aromatic carbocycles. The summed E-state index contributed by atoms with van der Waals surface area (Å²) in [6.07, 6.45) is 0. The highest BCUT2D eigenvalue weighted by atomic mass is 16.2. The van der Waals surface area contributed by atoms with E-state index in [0.29, 0.717) is 18.1 Å². The number of aromatic nitrogens is 2. The first-order chi connectivity index (χ1) is 12.9. The van der Waals surface area contributed by atoms with Crippen molar-refractivity contribution in [3.05, 3.63) is 71.9 Å². The van der Waals surface area contributed by atoms with Gasteiger partial charge in [-0.3, -0.25) is 0 Å². The molecule has 1 heterocycles. The Balaban J connectivity index is 1.85. The first-order valence-electron chi connectivity index (χ1n) is 8.89. The Bertz CT molecular complexity index is 911. The van der Waals surface area contributed by atoms with Crippen LogP contribution in [0.25, 0.3) is 5.69 Å². The van der Waals surface area contributed by atoms with Crippen LogP contribution in [0, 0.1) is 0 Å². The number of benzene rings is 2. The fourth-order valence-corrected chi connectivity index (χ4v) is 2.78. The molecule has 0 bridgehead atoms. The molecule has 0 saturated carbocycles. The molecule has 0 spiro atoms. The number of anilines is 2. The lowest BCUT2D eigenvalue weighted by molar-refractivity contribution is 0.251. The first kappa shape index (κ1) is 18.5. The molecule has 2 amide bonds. The first-order valence-corrected chi connectivity index (χ1v) is 8.89. The van der Waals surface area contributed by atoms with E-state index in [1.165, 1.54) is 0 Å². The zero-order chi connectivity index (χ0) is 19.4. The highest BCUT2D eigenvalue weighted by molar-refractivity contribution is 5.93. The maximum Gasteiger partial charge on any atom is 0.319 e. The van der Waals surface area contributed by atoms with Crippen LogP contribution in [0.15, 0.2) is 60.7 Å². The minimum Gasteiger partial charge on any atom is -0.382 e. The zero-order valence-corrected chi connectivity index (χ0v) is 15.9. The molecule has 27 heavy (non-hydrogen) atoms. The normalized spacial score (nSPS) is 11.2. The average Bonchev–Trinajstić information content (AvgIpc) is 2.98. The summed E-state index contributed by atoms with van der Waals surface area (Å²) in [6, 6.07) is 19.1. The highest BCUT2D eigenvalue weighted by Gasteiger charge is 2.27. The minimum absolute atomic E-state index is 0.282. The predicted octanol–water partition coefficient (Wildman–Crippen LogP) is 4.07. The molecular weight excluding hydrogens is 338 g/mol. The number of nitrogens with two attached hydrogens (primary N) is 1. The maximum absolute atomic E-state index is 12.4. The van der Waals surface area contributed by atoms with Crippen LogP contribution < -0.4 is 16.4 Å². The summed E-state index contributed by atoms with van der Waals surface area (Å²) in [4.78, 5) is 12.4. The molecule has 0 aliphatic heterocycles. The van der Waals surface area contributed by atoms with Gasteiger partial charge < -0.3 is 16.4 Å². The number of nitrogens with zero attached hydrogens (tertiary/aromatic N) is 2. The number of carbonyl (C=O) groups excluding carboxylic acids is 1. The number of hydrogen-bond donors (Lipinski definition) is 3. The van der Waals surface area contributed by atoms with Crippen molar-refractivity contribution in [2.75, 3.05) is 11.1 Å². The van der Waals surface area contributed by atoms with Gasteiger partial charge >= 0.3 is 6.03 Å². The molecule has 3 aromatic rings. The highest BCUT2D eigenvalue weighted by Crippen LogP contribution is 2.34. The fraction of sp³-hybridized carbons (Fsp3) is 0.238. The lowest BCUT2D eigenvalue weighted by Crippen LogP contribution is -2.29. The topological polar surface area (TPSA) is 85.0 Å². The molecule has 0 aliphatic carbocycles. The average molecular weight is 363 g/mol. The number of hydrogen-bond acceptors (Lipinski definition) is 3. The van der Waals surface area contributed by atoms with Gasteiger partial charge in [0, 0.05) is 12.0 Å². The molecular formula is C21H25N5O. The Morgan fingerprint density at radius 1 is 1.04 bits per heavy atom. The van der Waals surface area contributed by atoms with Crippen LogP contribution in [0.5, 0.6) is 0 Å². The van der Waals surface area contributed by atoms with Gasteiger partial charge in [0.25, 0.3) is 0 Å². The third-order valence-electron chi connectivity index (χ3n) is 4.17. The summed E-state index contributed by atoms with van der Waals surface area (Å²) in [5, 5.41) is 10.4. The van der Waals surface area contributed by atoms with Crippen molar-refractivity contribution < 1.29 is 4.79 Å². The van der Waals surface area contributed by atoms with E-state index in [4.69, 9.17) is 5.73 Å². The van der Waals surface area contributed by atoms with Crippen molar-refractivity contribution in [2.24, 2.45) is 0 Å². The molecule has 1 aromatic heterocycles. The fourth-order valence-electron chi connectivity index (χ4n) is 2.78. The smallest absolute Gasteiger partial charge is 0.319 e. The van der Waals surface area contributed by atoms with Crippen LogP contribution in [-0.2, 0) is 12.0 Å². The van der Waals surface area contributed by atoms with Crippen LogP contribution in [0.4, 0.5) is 16.3 Å². The zero-order valence-electron chi connectivity index (χ0n) is 15.9. The molecule has 0 unspecified atom stereocenters. The molecule has 6 heteroatoms. The molecule has 3 rings (SSSR count). The number of para-hydroxylation sites is 1. The van der Waals surface area contributed by atoms with Gasteiger partial charge in [0.05, 0.1) is 11.4 Å². The van der Waals surface area contributed by atoms with Crippen molar-refractivity contribution >= 4 is 17.5 Å². The van der Waals surface area contributed by atoms with Crippen LogP contribution in [-0.4, -0.2) is 15.8 Å². The molecule has 140 valence electrons. The second kappa shape index (κ2) is 7.53. The lowest BCUT2D eigenvalue weighted by atomic mass is 9.91. The SMILES string of the molecule is CC(C)(C)c1nn(-c2ccccc2)c(N)c1NC(=O)NCc1ccccc1. The number of urea groups is 1. The Hall–Kier alpha value is -3.28. The Morgan fingerprint density at radius 3 is 2.22 bits per heavy atom. The van der Waals surface area contributed by atoms with Gasteiger partial charge in [0.2, 0.25) is 0 Å². The Kier molecular flexibility index (Phi) is 5.16. The summed E-state index contributed by atoms with van der Waals surface area (Å²) >= 11 is 0. The molecule has 4 N–H and O–H groups in total. The van der Waals surface area contributed by atoms with E-state index < -0.39 is 0 Å². The molecule has 0 aliphatic rings. The summed E-state index contributed by atoms with van der Waals surface area (Å²) in [5.74, 6) is 0.404. The summed E-state index contributed by atoms with van der Waals surface area (Å²) in [5.41, 5.74) is 9.21. The van der Waals surface area contributed by atoms with Crippen molar-refractivity contribution in [1.82, 2.24) is 15.1 Å². The maximum atomic E-state index is 12.4. The van der Waals surface area contributed by atoms with Gasteiger partial charge in [-0.25, -0.2) is 9.48 Å². The van der Waals surface area contributed by atoms with Crippen LogP contribution in [0.3, 0.4) is 0 Å². The standard InChI is InChI=1S/C21H25N5O/c1-21(2,3)18-17(19(22)26(25-18)16-12-8-5-9-13-16)24-20(27)23-14-15-10-6-4-7-11-15/h4-13H,14,22H2,1-3H3,(H2,23,24,27). The van der Waals surface area contributed by atoms with E-state index in [2.05, 4.69) is 15.7 Å². The van der Waals surface area contributed by atoms with Gasteiger partial charge in [-0.1, -0.05) is 69.3 Å². The second-order valence-corrected chi connectivity index (χ2v) is 7.40. The summed E-state index contributed by atoms with van der Waals surface area (Å²) in [7, 11) is 0. The van der Waals surface area contributed by atoms with E-state index in [1.54, 1.807) is 4.68 Å². The van der Waals surface area contributed by atoms with Gasteiger partial charge in [0.15, 0.2) is 5.82 Å². The van der Waals surface area contributed by atoms with E-state index in [-0.39, 0.29) is 11.4 Å². The quantitative estimate of drug-likeness (QED) is 0.653. The van der Waals surface area contributed by atoms with Crippen molar-refractivity contribution in [2.45, 2.75) is 32.7 Å². The monoisotopic (exact) mass is 363 g/mol. The number of nitrogen functional groups attached to an aromatic ring is 1. The predicted molar refractivity (Wildman–Crippen MR) is 109 cm³/mol. The third kappa shape index (κ3) is 4.28. The van der Waals surface area contributed by atoms with E-state index >= 15 is 0 Å². The van der Waals surface area contributed by atoms with Crippen LogP contribution in [0.2, 0.25) is 0 Å². The van der Waals surface area contributed by atoms with Crippen molar-refractivity contribution in [3.63, 3.8) is 0 Å². The van der Waals surface area contributed by atoms with E-state index in [0.717, 1.165) is 16.9 Å². The number of nitrogens with one attached hydrogen (secondary N) is 2. The summed E-state index contributed by atoms with van der Waals surface area (Å²) in [6.45, 7) is 6.55. The number of carbonyl (C=O) groups is 1. The third-order valence-corrected chi connectivity index (χ3v) is 4.17. The molecule has 0 radical (unpaired) electrons. The van der Waals surface area contributed by atoms with Gasteiger partial charge in [-0.2, -0.15) is 5.10 Å². The number of rotatable bonds is 4.